The smallest absolute Gasteiger partial charge is 0.123 e. The van der Waals surface area contributed by atoms with E-state index in [1.54, 1.807) is 12.1 Å². The van der Waals surface area contributed by atoms with Crippen LogP contribution in [0.5, 0.6) is 5.75 Å². The summed E-state index contributed by atoms with van der Waals surface area (Å²) in [6, 6.07) is 13.6. The summed E-state index contributed by atoms with van der Waals surface area (Å²) < 4.78 is 18.6. The van der Waals surface area contributed by atoms with Crippen LogP contribution in [0.3, 0.4) is 0 Å². The van der Waals surface area contributed by atoms with Crippen molar-refractivity contribution in [2.75, 3.05) is 11.9 Å². The van der Waals surface area contributed by atoms with Crippen LogP contribution in [0.25, 0.3) is 10.9 Å². The number of pyridine rings is 1. The van der Waals surface area contributed by atoms with Crippen LogP contribution in [0.1, 0.15) is 12.5 Å². The molecule has 0 aliphatic rings. The minimum absolute atomic E-state index is 0. The van der Waals surface area contributed by atoms with Crippen molar-refractivity contribution in [3.8, 4) is 11.8 Å². The van der Waals surface area contributed by atoms with Gasteiger partial charge >= 0.3 is 0 Å². The molecule has 0 unspecified atom stereocenters. The molecule has 1 N–H and O–H groups in total. The van der Waals surface area contributed by atoms with Gasteiger partial charge in [-0.25, -0.2) is 4.39 Å². The van der Waals surface area contributed by atoms with Crippen molar-refractivity contribution < 1.29 is 9.13 Å². The SMILES string of the molecule is CCOc1ccc2ncc(C#N)c(Nc3ccc(F)cc3)c2c1.Cl. The lowest BCUT2D eigenvalue weighted by molar-refractivity contribution is 0.340. The fourth-order valence-corrected chi connectivity index (χ4v) is 2.33. The van der Waals surface area contributed by atoms with E-state index in [-0.39, 0.29) is 18.2 Å². The van der Waals surface area contributed by atoms with Crippen LogP contribution >= 0.6 is 12.4 Å². The van der Waals surface area contributed by atoms with Crippen molar-refractivity contribution in [1.29, 1.82) is 5.26 Å². The number of anilines is 2. The normalized spacial score (nSPS) is 9.88. The van der Waals surface area contributed by atoms with Gasteiger partial charge in [-0.05, 0) is 49.4 Å². The second-order valence-electron chi connectivity index (χ2n) is 4.90. The van der Waals surface area contributed by atoms with E-state index >= 15 is 0 Å². The lowest BCUT2D eigenvalue weighted by Gasteiger charge is -2.12. The Morgan fingerprint density at radius 2 is 1.96 bits per heavy atom. The number of hydrogen-bond acceptors (Lipinski definition) is 4. The molecule has 0 atom stereocenters. The van der Waals surface area contributed by atoms with Gasteiger partial charge in [0.05, 0.1) is 23.4 Å². The quantitative estimate of drug-likeness (QED) is 0.738. The molecule has 0 saturated carbocycles. The molecule has 0 saturated heterocycles. The summed E-state index contributed by atoms with van der Waals surface area (Å²) in [5.41, 5.74) is 2.48. The molecule has 0 fully saturated rings. The Bertz CT molecular complexity index is 891. The third-order valence-corrected chi connectivity index (χ3v) is 3.38. The molecule has 3 rings (SSSR count). The van der Waals surface area contributed by atoms with Crippen LogP contribution in [-0.4, -0.2) is 11.6 Å². The lowest BCUT2D eigenvalue weighted by Crippen LogP contribution is -1.98. The highest BCUT2D eigenvalue weighted by Gasteiger charge is 2.10. The van der Waals surface area contributed by atoms with E-state index in [4.69, 9.17) is 4.74 Å². The summed E-state index contributed by atoms with van der Waals surface area (Å²) >= 11 is 0. The molecule has 0 spiro atoms. The standard InChI is InChI=1S/C18H14FN3O.ClH/c1-2-23-15-7-8-17-16(9-15)18(12(10-20)11-21-17)22-14-5-3-13(19)4-6-14;/h3-9,11H,2H2,1H3,(H,21,22);1H. The van der Waals surface area contributed by atoms with Crippen molar-refractivity contribution in [3.63, 3.8) is 0 Å². The zero-order valence-electron chi connectivity index (χ0n) is 12.9. The second-order valence-corrected chi connectivity index (χ2v) is 4.90. The number of ether oxygens (including phenoxy) is 1. The Morgan fingerprint density at radius 1 is 1.21 bits per heavy atom. The second kappa shape index (κ2) is 7.62. The third kappa shape index (κ3) is 3.55. The predicted molar refractivity (Wildman–Crippen MR) is 94.6 cm³/mol. The molecule has 3 aromatic rings. The monoisotopic (exact) mass is 343 g/mol. The van der Waals surface area contributed by atoms with E-state index in [0.717, 1.165) is 10.9 Å². The van der Waals surface area contributed by atoms with Crippen LogP contribution in [0, 0.1) is 17.1 Å². The van der Waals surface area contributed by atoms with Crippen LogP contribution in [0.15, 0.2) is 48.7 Å². The maximum absolute atomic E-state index is 13.1. The zero-order valence-corrected chi connectivity index (χ0v) is 13.7. The van der Waals surface area contributed by atoms with Gasteiger partial charge in [-0.3, -0.25) is 4.98 Å². The highest BCUT2D eigenvalue weighted by atomic mass is 35.5. The number of nitriles is 1. The van der Waals surface area contributed by atoms with Crippen molar-refractivity contribution >= 4 is 34.7 Å². The van der Waals surface area contributed by atoms with Gasteiger partial charge in [-0.15, -0.1) is 12.4 Å². The van der Waals surface area contributed by atoms with Crippen LogP contribution in [0.4, 0.5) is 15.8 Å². The predicted octanol–water partition coefficient (Wildman–Crippen LogP) is 4.81. The van der Waals surface area contributed by atoms with Gasteiger partial charge in [0.15, 0.2) is 0 Å². The zero-order chi connectivity index (χ0) is 16.2. The van der Waals surface area contributed by atoms with E-state index in [9.17, 15) is 9.65 Å². The van der Waals surface area contributed by atoms with E-state index in [1.807, 2.05) is 25.1 Å². The number of nitrogens with one attached hydrogen (secondary N) is 1. The molecule has 2 aromatic carbocycles. The summed E-state index contributed by atoms with van der Waals surface area (Å²) in [4.78, 5) is 4.29. The Balaban J connectivity index is 0.00000208. The number of nitrogens with zero attached hydrogens (tertiary/aromatic N) is 2. The average Bonchev–Trinajstić information content (AvgIpc) is 2.57. The Hall–Kier alpha value is -2.84. The minimum Gasteiger partial charge on any atom is -0.494 e. The van der Waals surface area contributed by atoms with E-state index in [0.29, 0.717) is 29.3 Å². The minimum atomic E-state index is -0.311. The van der Waals surface area contributed by atoms with Crippen molar-refractivity contribution in [2.45, 2.75) is 6.92 Å². The summed E-state index contributed by atoms with van der Waals surface area (Å²) in [6.07, 6.45) is 1.52. The molecule has 0 aliphatic carbocycles. The molecule has 1 aromatic heterocycles. The van der Waals surface area contributed by atoms with Crippen molar-refractivity contribution in [2.24, 2.45) is 0 Å². The van der Waals surface area contributed by atoms with Crippen molar-refractivity contribution in [3.05, 3.63) is 60.0 Å². The van der Waals surface area contributed by atoms with Gasteiger partial charge in [0.25, 0.3) is 0 Å². The van der Waals surface area contributed by atoms with Crippen LogP contribution < -0.4 is 10.1 Å². The Kier molecular flexibility index (Phi) is 5.56. The first-order valence-corrected chi connectivity index (χ1v) is 7.19. The summed E-state index contributed by atoms with van der Waals surface area (Å²) in [6.45, 7) is 2.46. The van der Waals surface area contributed by atoms with Crippen molar-refractivity contribution in [1.82, 2.24) is 4.98 Å². The molecule has 0 aliphatic heterocycles. The van der Waals surface area contributed by atoms with E-state index < -0.39 is 0 Å². The molecule has 4 nitrogen and oxygen atoms in total. The molecule has 1 heterocycles. The first-order valence-electron chi connectivity index (χ1n) is 7.19. The lowest BCUT2D eigenvalue weighted by atomic mass is 10.1. The number of hydrogen-bond donors (Lipinski definition) is 1. The number of rotatable bonds is 4. The molecular weight excluding hydrogens is 329 g/mol. The molecule has 0 radical (unpaired) electrons. The first kappa shape index (κ1) is 17.5. The highest BCUT2D eigenvalue weighted by Crippen LogP contribution is 2.31. The van der Waals surface area contributed by atoms with Crippen LogP contribution in [0.2, 0.25) is 0 Å². The molecule has 24 heavy (non-hydrogen) atoms. The number of fused-ring (bicyclic) bond motifs is 1. The molecule has 122 valence electrons. The van der Waals surface area contributed by atoms with Gasteiger partial charge in [0.2, 0.25) is 0 Å². The van der Waals surface area contributed by atoms with E-state index in [1.165, 1.54) is 18.3 Å². The summed E-state index contributed by atoms with van der Waals surface area (Å²) in [5.74, 6) is 0.397. The first-order chi connectivity index (χ1) is 11.2. The molecule has 0 amide bonds. The Morgan fingerprint density at radius 3 is 2.62 bits per heavy atom. The third-order valence-electron chi connectivity index (χ3n) is 3.38. The number of benzene rings is 2. The maximum Gasteiger partial charge on any atom is 0.123 e. The van der Waals surface area contributed by atoms with Gasteiger partial charge in [-0.2, -0.15) is 5.26 Å². The average molecular weight is 344 g/mol. The van der Waals surface area contributed by atoms with Gasteiger partial charge < -0.3 is 10.1 Å². The number of halogens is 2. The molecule has 0 bridgehead atoms. The van der Waals surface area contributed by atoms with Crippen LogP contribution in [-0.2, 0) is 0 Å². The fourth-order valence-electron chi connectivity index (χ4n) is 2.33. The van der Waals surface area contributed by atoms with Gasteiger partial charge in [0, 0.05) is 17.3 Å². The summed E-state index contributed by atoms with van der Waals surface area (Å²) in [7, 11) is 0. The molecule has 6 heteroatoms. The largest absolute Gasteiger partial charge is 0.494 e. The van der Waals surface area contributed by atoms with Gasteiger partial charge in [0.1, 0.15) is 17.6 Å². The topological polar surface area (TPSA) is 57.9 Å². The van der Waals surface area contributed by atoms with Gasteiger partial charge in [-0.1, -0.05) is 0 Å². The maximum atomic E-state index is 13.1. The fraction of sp³-hybridized carbons (Fsp3) is 0.111. The number of aromatic nitrogens is 1. The Labute approximate surface area is 145 Å². The van der Waals surface area contributed by atoms with E-state index in [2.05, 4.69) is 16.4 Å². The summed E-state index contributed by atoms with van der Waals surface area (Å²) in [5, 5.41) is 13.3. The highest BCUT2D eigenvalue weighted by molar-refractivity contribution is 5.96. The molecular formula is C18H15ClFN3O.